The molecule has 5 nitrogen and oxygen atoms in total. The van der Waals surface area contributed by atoms with Crippen LogP contribution in [0.1, 0.15) is 50.0 Å². The van der Waals surface area contributed by atoms with Crippen LogP contribution in [0.5, 0.6) is 5.75 Å². The van der Waals surface area contributed by atoms with Gasteiger partial charge in [-0.1, -0.05) is 11.6 Å². The van der Waals surface area contributed by atoms with Gasteiger partial charge in [0.15, 0.2) is 0 Å². The number of hydrogen-bond acceptors (Lipinski definition) is 4. The number of hydrogen-bond donors (Lipinski definition) is 1. The van der Waals surface area contributed by atoms with Crippen molar-refractivity contribution in [2.24, 2.45) is 5.92 Å². The Morgan fingerprint density at radius 1 is 1.30 bits per heavy atom. The Labute approximate surface area is 166 Å². The highest BCUT2D eigenvalue weighted by molar-refractivity contribution is 6.34. The van der Waals surface area contributed by atoms with Crippen molar-refractivity contribution in [3.63, 3.8) is 0 Å². The lowest BCUT2D eigenvalue weighted by molar-refractivity contribution is -0.108. The molecule has 6 heteroatoms. The molecule has 6 rings (SSSR count). The number of carbonyl (C=O) groups excluding carboxylic acids is 1. The zero-order valence-corrected chi connectivity index (χ0v) is 16.7. The monoisotopic (exact) mass is 389 g/mol. The van der Waals surface area contributed by atoms with E-state index < -0.39 is 0 Å². The Balaban J connectivity index is 1.61. The third-order valence-corrected chi connectivity index (χ3v) is 7.49. The summed E-state index contributed by atoms with van der Waals surface area (Å²) in [5.74, 6) is 1.93. The molecule has 1 saturated carbocycles. The molecule has 4 fully saturated rings. The molecule has 4 heterocycles. The van der Waals surface area contributed by atoms with Gasteiger partial charge in [0.1, 0.15) is 5.75 Å². The highest BCUT2D eigenvalue weighted by Gasteiger charge is 2.41. The van der Waals surface area contributed by atoms with Gasteiger partial charge in [-0.3, -0.25) is 4.79 Å². The van der Waals surface area contributed by atoms with Crippen molar-refractivity contribution < 1.29 is 9.53 Å². The molecule has 4 bridgehead atoms. The van der Waals surface area contributed by atoms with Crippen molar-refractivity contribution in [1.29, 1.82) is 0 Å². The number of halogens is 1. The smallest absolute Gasteiger partial charge is 0.214 e. The predicted molar refractivity (Wildman–Crippen MR) is 108 cm³/mol. The Hall–Kier alpha value is -1.46. The molecule has 146 valence electrons. The second-order valence-corrected chi connectivity index (χ2v) is 8.97. The van der Waals surface area contributed by atoms with Crippen molar-refractivity contribution in [2.75, 3.05) is 36.9 Å². The Morgan fingerprint density at radius 3 is 2.78 bits per heavy atom. The predicted octanol–water partition coefficient (Wildman–Crippen LogP) is 3.86. The second-order valence-electron chi connectivity index (χ2n) is 8.57. The van der Waals surface area contributed by atoms with E-state index in [9.17, 15) is 4.79 Å². The summed E-state index contributed by atoms with van der Waals surface area (Å²) in [5, 5.41) is 3.98. The van der Waals surface area contributed by atoms with Crippen molar-refractivity contribution in [3.05, 3.63) is 16.7 Å². The van der Waals surface area contributed by atoms with Gasteiger partial charge >= 0.3 is 0 Å². The fourth-order valence-corrected chi connectivity index (χ4v) is 6.14. The standard InChI is InChI=1S/C21H28ClN3O2/c1-23-20-16(22)10-17(21-19(20)14-3-2-4-15(9-14)27-21)25(12-26)18-11-24-7-5-13(18)6-8-24/h10,12-15,18,23H,2-9,11H2,1H3. The van der Waals surface area contributed by atoms with Crippen LogP contribution in [-0.4, -0.2) is 50.1 Å². The highest BCUT2D eigenvalue weighted by Crippen LogP contribution is 2.53. The molecule has 3 unspecified atom stereocenters. The average molecular weight is 390 g/mol. The van der Waals surface area contributed by atoms with Crippen molar-refractivity contribution in [2.45, 2.75) is 56.6 Å². The van der Waals surface area contributed by atoms with E-state index in [-0.39, 0.29) is 12.1 Å². The zero-order chi connectivity index (χ0) is 18.5. The summed E-state index contributed by atoms with van der Waals surface area (Å²) >= 11 is 6.69. The molecular weight excluding hydrogens is 362 g/mol. The van der Waals surface area contributed by atoms with Gasteiger partial charge in [0, 0.05) is 19.2 Å². The average Bonchev–Trinajstić information content (AvgIpc) is 2.70. The minimum absolute atomic E-state index is 0.218. The van der Waals surface area contributed by atoms with Gasteiger partial charge in [-0.25, -0.2) is 0 Å². The van der Waals surface area contributed by atoms with Crippen LogP contribution in [0.2, 0.25) is 5.02 Å². The molecule has 0 spiro atoms. The molecule has 1 aromatic carbocycles. The third kappa shape index (κ3) is 2.82. The number of benzene rings is 1. The Morgan fingerprint density at radius 2 is 2.11 bits per heavy atom. The van der Waals surface area contributed by atoms with E-state index in [2.05, 4.69) is 10.2 Å². The zero-order valence-electron chi connectivity index (χ0n) is 15.9. The summed E-state index contributed by atoms with van der Waals surface area (Å²) in [6.07, 6.45) is 8.14. The first-order valence-corrected chi connectivity index (χ1v) is 10.7. The fraction of sp³-hybridized carbons (Fsp3) is 0.667. The van der Waals surface area contributed by atoms with Crippen LogP contribution in [0.15, 0.2) is 6.07 Å². The number of nitrogens with one attached hydrogen (secondary N) is 1. The SMILES string of the molecule is CNc1c(Cl)cc(N(C=O)C2CN3CCC2CC3)c2c1C1CCCC(C1)O2. The molecule has 0 radical (unpaired) electrons. The summed E-state index contributed by atoms with van der Waals surface area (Å²) in [4.78, 5) is 16.7. The van der Waals surface area contributed by atoms with E-state index in [4.69, 9.17) is 16.3 Å². The molecule has 27 heavy (non-hydrogen) atoms. The summed E-state index contributed by atoms with van der Waals surface area (Å²) < 4.78 is 6.47. The first-order chi connectivity index (χ1) is 13.2. The maximum Gasteiger partial charge on any atom is 0.214 e. The van der Waals surface area contributed by atoms with E-state index >= 15 is 0 Å². The van der Waals surface area contributed by atoms with Crippen LogP contribution in [0.4, 0.5) is 11.4 Å². The number of fused-ring (bicyclic) bond motifs is 7. The molecule has 5 aliphatic rings. The lowest BCUT2D eigenvalue weighted by atomic mass is 9.78. The third-order valence-electron chi connectivity index (χ3n) is 7.19. The summed E-state index contributed by atoms with van der Waals surface area (Å²) in [7, 11) is 1.92. The Bertz CT molecular complexity index is 747. The molecule has 1 N–H and O–H groups in total. The summed E-state index contributed by atoms with van der Waals surface area (Å²) in [6, 6.07) is 2.16. The largest absolute Gasteiger partial charge is 0.488 e. The molecule has 3 atom stereocenters. The molecular formula is C21H28ClN3O2. The van der Waals surface area contributed by atoms with Gasteiger partial charge in [-0.05, 0) is 69.5 Å². The lowest BCUT2D eigenvalue weighted by Crippen LogP contribution is -2.57. The number of ether oxygens (including phenoxy) is 1. The van der Waals surface area contributed by atoms with Gasteiger partial charge in [0.05, 0.1) is 28.5 Å². The number of anilines is 2. The topological polar surface area (TPSA) is 44.8 Å². The van der Waals surface area contributed by atoms with E-state index in [0.29, 0.717) is 16.9 Å². The van der Waals surface area contributed by atoms with Crippen LogP contribution >= 0.6 is 11.6 Å². The summed E-state index contributed by atoms with van der Waals surface area (Å²) in [5.41, 5.74) is 3.03. The van der Waals surface area contributed by atoms with Gasteiger partial charge in [0.2, 0.25) is 6.41 Å². The second kappa shape index (κ2) is 6.85. The van der Waals surface area contributed by atoms with E-state index in [1.165, 1.54) is 31.2 Å². The van der Waals surface area contributed by atoms with Crippen LogP contribution in [0.3, 0.4) is 0 Å². The van der Waals surface area contributed by atoms with Gasteiger partial charge in [-0.15, -0.1) is 0 Å². The van der Waals surface area contributed by atoms with Gasteiger partial charge < -0.3 is 19.9 Å². The van der Waals surface area contributed by atoms with Crippen LogP contribution in [-0.2, 0) is 4.79 Å². The Kier molecular flexibility index (Phi) is 4.47. The highest BCUT2D eigenvalue weighted by atomic mass is 35.5. The number of piperidine rings is 3. The lowest BCUT2D eigenvalue weighted by Gasteiger charge is -2.48. The van der Waals surface area contributed by atoms with E-state index in [1.807, 2.05) is 18.0 Å². The molecule has 1 aliphatic carbocycles. The maximum atomic E-state index is 12.3. The van der Waals surface area contributed by atoms with Crippen LogP contribution in [0.25, 0.3) is 0 Å². The van der Waals surface area contributed by atoms with Gasteiger partial charge in [0.25, 0.3) is 0 Å². The number of carbonyl (C=O) groups is 1. The van der Waals surface area contributed by atoms with Crippen LogP contribution in [0, 0.1) is 5.92 Å². The van der Waals surface area contributed by atoms with Crippen molar-refractivity contribution in [1.82, 2.24) is 4.90 Å². The maximum absolute atomic E-state index is 12.3. The van der Waals surface area contributed by atoms with Gasteiger partial charge in [-0.2, -0.15) is 0 Å². The summed E-state index contributed by atoms with van der Waals surface area (Å²) in [6.45, 7) is 3.27. The number of rotatable bonds is 4. The van der Waals surface area contributed by atoms with Crippen LogP contribution < -0.4 is 15.0 Å². The molecule has 1 amide bonds. The minimum atomic E-state index is 0.218. The molecule has 1 aromatic rings. The first kappa shape index (κ1) is 17.6. The first-order valence-electron chi connectivity index (χ1n) is 10.4. The molecule has 4 aliphatic heterocycles. The fourth-order valence-electron chi connectivity index (χ4n) is 5.84. The molecule has 0 aromatic heterocycles. The number of amides is 1. The quantitative estimate of drug-likeness (QED) is 0.794. The molecule has 3 saturated heterocycles. The minimum Gasteiger partial charge on any atom is -0.488 e. The number of nitrogens with zero attached hydrogens (tertiary/aromatic N) is 2. The van der Waals surface area contributed by atoms with Crippen molar-refractivity contribution in [3.8, 4) is 5.75 Å². The van der Waals surface area contributed by atoms with Crippen molar-refractivity contribution >= 4 is 29.4 Å². The van der Waals surface area contributed by atoms with E-state index in [1.54, 1.807) is 0 Å². The van der Waals surface area contributed by atoms with E-state index in [0.717, 1.165) is 56.0 Å². The normalized spacial score (nSPS) is 33.8.